The maximum atomic E-state index is 12.8. The van der Waals surface area contributed by atoms with E-state index in [2.05, 4.69) is 0 Å². The molecule has 0 unspecified atom stereocenters. The number of amides is 1. The zero-order valence-corrected chi connectivity index (χ0v) is 15.3. The fourth-order valence-electron chi connectivity index (χ4n) is 1.53. The highest BCUT2D eigenvalue weighted by Crippen LogP contribution is 2.19. The predicted molar refractivity (Wildman–Crippen MR) is 87.8 cm³/mol. The Hall–Kier alpha value is -0.810. The molecule has 0 N–H and O–H groups in total. The van der Waals surface area contributed by atoms with Gasteiger partial charge in [-0.2, -0.15) is 0 Å². The fraction of sp³-hybridized carbons (Fsp3) is 0.812. The lowest BCUT2D eigenvalue weighted by Gasteiger charge is -2.36. The first-order valence-electron chi connectivity index (χ1n) is 7.51. The smallest absolute Gasteiger partial charge is 0.412 e. The van der Waals surface area contributed by atoms with E-state index < -0.39 is 17.4 Å². The summed E-state index contributed by atoms with van der Waals surface area (Å²) in [4.78, 5) is 13.4. The molecule has 4 nitrogen and oxygen atoms in total. The molecule has 0 aromatic rings. The largest absolute Gasteiger partial charge is 0.444 e. The summed E-state index contributed by atoms with van der Waals surface area (Å²) in [6.45, 7) is 9.56. The molecule has 0 heterocycles. The first-order valence-corrected chi connectivity index (χ1v) is 8.04. The first-order chi connectivity index (χ1) is 9.99. The lowest BCUT2D eigenvalue weighted by atomic mass is 10.2. The molecule has 0 atom stereocenters. The number of rotatable bonds is 8. The molecule has 0 rings (SSSR count). The molecule has 130 valence electrons. The lowest BCUT2D eigenvalue weighted by molar-refractivity contribution is -0.118. The van der Waals surface area contributed by atoms with Crippen molar-refractivity contribution in [3.63, 3.8) is 0 Å². The van der Waals surface area contributed by atoms with Crippen LogP contribution in [0.2, 0.25) is 0 Å². The van der Waals surface area contributed by atoms with E-state index in [1.807, 2.05) is 34.6 Å². The molecule has 0 radical (unpaired) electrons. The van der Waals surface area contributed by atoms with Gasteiger partial charge < -0.3 is 9.47 Å². The van der Waals surface area contributed by atoms with E-state index in [0.717, 1.165) is 12.8 Å². The van der Waals surface area contributed by atoms with Gasteiger partial charge in [0.1, 0.15) is 17.2 Å². The number of allylic oxidation sites excluding steroid dienone is 2. The molecule has 0 bridgehead atoms. The van der Waals surface area contributed by atoms with Gasteiger partial charge in [-0.1, -0.05) is 6.08 Å². The third-order valence-electron chi connectivity index (χ3n) is 3.02. The zero-order chi connectivity index (χ0) is 17.4. The van der Waals surface area contributed by atoms with Crippen molar-refractivity contribution in [3.8, 4) is 0 Å². The Morgan fingerprint density at radius 1 is 1.23 bits per heavy atom. The summed E-state index contributed by atoms with van der Waals surface area (Å²) in [6.07, 6.45) is 3.27. The normalized spacial score (nSPS) is 13.2. The summed E-state index contributed by atoms with van der Waals surface area (Å²) < 4.78 is 23.9. The van der Waals surface area contributed by atoms with Crippen LogP contribution in [-0.2, 0) is 9.47 Å². The minimum atomic E-state index is -0.764. The van der Waals surface area contributed by atoms with Crippen molar-refractivity contribution in [1.29, 1.82) is 0 Å². The van der Waals surface area contributed by atoms with Crippen molar-refractivity contribution in [1.82, 2.24) is 4.90 Å². The molecule has 1 amide bonds. The topological polar surface area (TPSA) is 38.8 Å². The van der Waals surface area contributed by atoms with Crippen molar-refractivity contribution in [2.24, 2.45) is 0 Å². The number of ether oxygens (including phenoxy) is 2. The van der Waals surface area contributed by atoms with Crippen LogP contribution in [-0.4, -0.2) is 41.9 Å². The average Bonchev–Trinajstić information content (AvgIpc) is 2.39. The van der Waals surface area contributed by atoms with E-state index in [1.165, 1.54) is 11.0 Å². The quantitative estimate of drug-likeness (QED) is 0.360. The number of nitrogens with zero attached hydrogens (tertiary/aromatic N) is 1. The van der Waals surface area contributed by atoms with Crippen LogP contribution in [0.15, 0.2) is 11.9 Å². The van der Waals surface area contributed by atoms with Crippen LogP contribution in [0.4, 0.5) is 9.18 Å². The monoisotopic (exact) mass is 337 g/mol. The van der Waals surface area contributed by atoms with Gasteiger partial charge in [0, 0.05) is 13.7 Å². The highest BCUT2D eigenvalue weighted by atomic mass is 35.5. The summed E-state index contributed by atoms with van der Waals surface area (Å²) >= 11 is 5.34. The summed E-state index contributed by atoms with van der Waals surface area (Å²) in [5, 5.41) is 0. The van der Waals surface area contributed by atoms with E-state index >= 15 is 0 Å². The van der Waals surface area contributed by atoms with Crippen LogP contribution in [0.25, 0.3) is 0 Å². The maximum absolute atomic E-state index is 12.8. The van der Waals surface area contributed by atoms with E-state index in [4.69, 9.17) is 21.1 Å². The van der Waals surface area contributed by atoms with Gasteiger partial charge in [0.15, 0.2) is 0 Å². The third-order valence-corrected chi connectivity index (χ3v) is 3.28. The number of alkyl halides is 1. The van der Waals surface area contributed by atoms with Gasteiger partial charge in [0.2, 0.25) is 0 Å². The average molecular weight is 338 g/mol. The minimum absolute atomic E-state index is 0.0792. The van der Waals surface area contributed by atoms with E-state index in [9.17, 15) is 9.18 Å². The summed E-state index contributed by atoms with van der Waals surface area (Å²) in [7, 11) is 1.65. The molecule has 0 fully saturated rings. The van der Waals surface area contributed by atoms with Gasteiger partial charge in [-0.05, 0) is 53.9 Å². The summed E-state index contributed by atoms with van der Waals surface area (Å²) in [5.41, 5.74) is -1.31. The number of carbonyl (C=O) groups is 1. The highest BCUT2D eigenvalue weighted by molar-refractivity contribution is 6.19. The van der Waals surface area contributed by atoms with Crippen molar-refractivity contribution >= 4 is 17.7 Å². The second-order valence-electron chi connectivity index (χ2n) is 6.61. The standard InChI is InChI=1S/C16H29ClFNO3/c1-15(2,3)22-14(20)19(6)16(4,5)21-11-9-7-8-10-13(18)12-17/h10H,7-9,11-12H2,1-6H3/b13-10-. The van der Waals surface area contributed by atoms with Crippen LogP contribution in [0.3, 0.4) is 0 Å². The summed E-state index contributed by atoms with van der Waals surface area (Å²) in [6, 6.07) is 0. The Kier molecular flexibility index (Phi) is 9.01. The molecular formula is C16H29ClFNO3. The Bertz CT molecular complexity index is 378. The molecule has 22 heavy (non-hydrogen) atoms. The Morgan fingerprint density at radius 3 is 2.32 bits per heavy atom. The van der Waals surface area contributed by atoms with Crippen LogP contribution < -0.4 is 0 Å². The van der Waals surface area contributed by atoms with Crippen molar-refractivity contribution < 1.29 is 18.7 Å². The number of unbranched alkanes of at least 4 members (excludes halogenated alkanes) is 2. The molecule has 0 aliphatic carbocycles. The van der Waals surface area contributed by atoms with Gasteiger partial charge in [-0.25, -0.2) is 9.18 Å². The van der Waals surface area contributed by atoms with Crippen molar-refractivity contribution in [3.05, 3.63) is 11.9 Å². The van der Waals surface area contributed by atoms with Crippen LogP contribution in [0.5, 0.6) is 0 Å². The Balaban J connectivity index is 4.15. The Morgan fingerprint density at radius 2 is 1.82 bits per heavy atom. The second kappa shape index (κ2) is 9.36. The number of halogens is 2. The predicted octanol–water partition coefficient (Wildman–Crippen LogP) is 4.87. The number of carbonyl (C=O) groups excluding carboxylic acids is 1. The zero-order valence-electron chi connectivity index (χ0n) is 14.5. The second-order valence-corrected chi connectivity index (χ2v) is 6.88. The molecule has 0 aliphatic rings. The van der Waals surface area contributed by atoms with Crippen molar-refractivity contribution in [2.45, 2.75) is 65.2 Å². The van der Waals surface area contributed by atoms with Gasteiger partial charge in [0.25, 0.3) is 0 Å². The highest BCUT2D eigenvalue weighted by Gasteiger charge is 2.31. The van der Waals surface area contributed by atoms with E-state index in [0.29, 0.717) is 13.0 Å². The summed E-state index contributed by atoms with van der Waals surface area (Å²) in [5.74, 6) is -0.378. The van der Waals surface area contributed by atoms with Crippen LogP contribution in [0.1, 0.15) is 53.9 Å². The molecule has 0 spiro atoms. The van der Waals surface area contributed by atoms with Crippen LogP contribution in [0, 0.1) is 0 Å². The van der Waals surface area contributed by atoms with E-state index in [1.54, 1.807) is 7.05 Å². The third kappa shape index (κ3) is 9.26. The minimum Gasteiger partial charge on any atom is -0.444 e. The molecule has 0 saturated heterocycles. The fourth-order valence-corrected chi connectivity index (χ4v) is 1.64. The molecule has 0 aromatic heterocycles. The molecule has 0 saturated carbocycles. The maximum Gasteiger partial charge on any atom is 0.412 e. The SMILES string of the molecule is CN(C(=O)OC(C)(C)C)C(C)(C)OCCCC/C=C(\F)CCl. The van der Waals surface area contributed by atoms with Gasteiger partial charge in [-0.15, -0.1) is 11.6 Å². The van der Waals surface area contributed by atoms with Gasteiger partial charge in [-0.3, -0.25) is 4.90 Å². The number of hydrogen-bond acceptors (Lipinski definition) is 3. The van der Waals surface area contributed by atoms with Gasteiger partial charge in [0.05, 0.1) is 5.88 Å². The van der Waals surface area contributed by atoms with Crippen molar-refractivity contribution in [2.75, 3.05) is 19.5 Å². The molecule has 0 aromatic carbocycles. The lowest BCUT2D eigenvalue weighted by Crippen LogP contribution is -2.49. The van der Waals surface area contributed by atoms with Crippen LogP contribution >= 0.6 is 11.6 Å². The number of hydrogen-bond donors (Lipinski definition) is 0. The molecular weight excluding hydrogens is 309 g/mol. The molecule has 0 aliphatic heterocycles. The Labute approximate surface area is 138 Å². The van der Waals surface area contributed by atoms with Gasteiger partial charge >= 0.3 is 6.09 Å². The van der Waals surface area contributed by atoms with E-state index in [-0.39, 0.29) is 11.7 Å². The molecule has 6 heteroatoms. The first kappa shape index (κ1) is 21.2.